The molecule has 0 N–H and O–H groups in total. The summed E-state index contributed by atoms with van der Waals surface area (Å²) in [7, 11) is -3.26. The van der Waals surface area contributed by atoms with Crippen LogP contribution >= 0.6 is 0 Å². The molecule has 2 atom stereocenters. The zero-order chi connectivity index (χ0) is 18.9. The van der Waals surface area contributed by atoms with Gasteiger partial charge in [0.2, 0.25) is 5.91 Å². The molecule has 2 aliphatic heterocycles. The summed E-state index contributed by atoms with van der Waals surface area (Å²) in [5, 5.41) is 0. The maximum Gasteiger partial charge on any atom is 0.254 e. The molecule has 0 unspecified atom stereocenters. The number of sulfone groups is 1. The number of hydrogen-bond acceptors (Lipinski definition) is 4. The van der Waals surface area contributed by atoms with E-state index in [1.165, 1.54) is 0 Å². The number of carbonyl (C=O) groups excluding carboxylic acids is 2. The number of fused-ring (bicyclic) bond motifs is 1. The quantitative estimate of drug-likeness (QED) is 0.798. The van der Waals surface area contributed by atoms with Crippen LogP contribution in [0.15, 0.2) is 24.3 Å². The van der Waals surface area contributed by atoms with Crippen molar-refractivity contribution < 1.29 is 18.0 Å². The van der Waals surface area contributed by atoms with Crippen LogP contribution < -0.4 is 0 Å². The van der Waals surface area contributed by atoms with E-state index >= 15 is 0 Å². The molecule has 0 aromatic heterocycles. The average Bonchev–Trinajstić information content (AvgIpc) is 2.93. The highest BCUT2D eigenvalue weighted by Crippen LogP contribution is 2.29. The normalized spacial score (nSPS) is 24.4. The first-order valence-electron chi connectivity index (χ1n) is 9.20. The van der Waals surface area contributed by atoms with Gasteiger partial charge in [0.25, 0.3) is 5.91 Å². The van der Waals surface area contributed by atoms with Gasteiger partial charge in [-0.1, -0.05) is 31.0 Å². The van der Waals surface area contributed by atoms with Crippen LogP contribution in [-0.2, 0) is 14.6 Å². The molecule has 2 heterocycles. The molecular weight excluding hydrogens is 352 g/mol. The Morgan fingerprint density at radius 1 is 1.12 bits per heavy atom. The van der Waals surface area contributed by atoms with Gasteiger partial charge in [-0.15, -0.1) is 0 Å². The first-order chi connectivity index (χ1) is 12.3. The van der Waals surface area contributed by atoms with E-state index in [0.717, 1.165) is 18.4 Å². The Kier molecular flexibility index (Phi) is 5.37. The van der Waals surface area contributed by atoms with E-state index in [0.29, 0.717) is 25.1 Å². The Morgan fingerprint density at radius 2 is 1.77 bits per heavy atom. The molecule has 1 aromatic rings. The van der Waals surface area contributed by atoms with Gasteiger partial charge in [0.15, 0.2) is 9.84 Å². The van der Waals surface area contributed by atoms with Crippen molar-refractivity contribution in [1.29, 1.82) is 0 Å². The maximum absolute atomic E-state index is 13.0. The number of unbranched alkanes of at least 4 members (excludes halogenated alkanes) is 1. The van der Waals surface area contributed by atoms with Crippen LogP contribution in [-0.4, -0.2) is 66.7 Å². The van der Waals surface area contributed by atoms with E-state index in [1.807, 2.05) is 32.0 Å². The lowest BCUT2D eigenvalue weighted by molar-refractivity contribution is -0.136. The van der Waals surface area contributed by atoms with E-state index in [4.69, 9.17) is 0 Å². The molecule has 142 valence electrons. The monoisotopic (exact) mass is 378 g/mol. The zero-order valence-corrected chi connectivity index (χ0v) is 16.2. The third kappa shape index (κ3) is 3.77. The second-order valence-electron chi connectivity index (χ2n) is 7.27. The third-order valence-electron chi connectivity index (χ3n) is 5.27. The van der Waals surface area contributed by atoms with Crippen molar-refractivity contribution in [2.24, 2.45) is 0 Å². The lowest BCUT2D eigenvalue weighted by atomic mass is 10.0. The minimum Gasteiger partial charge on any atom is -0.335 e. The summed E-state index contributed by atoms with van der Waals surface area (Å²) in [4.78, 5) is 28.9. The smallest absolute Gasteiger partial charge is 0.254 e. The number of amides is 2. The molecular formula is C19H26N2O4S. The lowest BCUT2D eigenvalue weighted by Gasteiger charge is -2.44. The van der Waals surface area contributed by atoms with Gasteiger partial charge < -0.3 is 9.80 Å². The molecule has 26 heavy (non-hydrogen) atoms. The summed E-state index contributed by atoms with van der Waals surface area (Å²) < 4.78 is 24.5. The van der Waals surface area contributed by atoms with E-state index in [1.54, 1.807) is 15.9 Å². The summed E-state index contributed by atoms with van der Waals surface area (Å²) in [5.41, 5.74) is 1.55. The van der Waals surface area contributed by atoms with Gasteiger partial charge in [0.1, 0.15) is 0 Å². The minimum absolute atomic E-state index is 0.00149. The summed E-state index contributed by atoms with van der Waals surface area (Å²) in [5.74, 6) is -0.261. The van der Waals surface area contributed by atoms with Gasteiger partial charge in [0, 0.05) is 25.1 Å². The molecule has 0 radical (unpaired) electrons. The van der Waals surface area contributed by atoms with Gasteiger partial charge in [-0.25, -0.2) is 8.42 Å². The Morgan fingerprint density at radius 3 is 2.42 bits per heavy atom. The number of rotatable bonds is 4. The van der Waals surface area contributed by atoms with Crippen LogP contribution in [0.4, 0.5) is 0 Å². The average molecular weight is 378 g/mol. The van der Waals surface area contributed by atoms with Gasteiger partial charge in [-0.05, 0) is 25.5 Å². The van der Waals surface area contributed by atoms with Crippen molar-refractivity contribution in [3.8, 4) is 0 Å². The Labute approximate surface area is 155 Å². The van der Waals surface area contributed by atoms with Crippen molar-refractivity contribution in [2.45, 2.75) is 45.2 Å². The highest BCUT2D eigenvalue weighted by molar-refractivity contribution is 7.91. The fraction of sp³-hybridized carbons (Fsp3) is 0.579. The molecule has 0 aliphatic carbocycles. The number of aryl methyl sites for hydroxylation is 1. The summed E-state index contributed by atoms with van der Waals surface area (Å²) in [6, 6.07) is 6.45. The Hall–Kier alpha value is -1.89. The highest BCUT2D eigenvalue weighted by atomic mass is 32.2. The Bertz CT molecular complexity index is 806. The van der Waals surface area contributed by atoms with Crippen molar-refractivity contribution in [3.05, 3.63) is 35.4 Å². The molecule has 2 amide bonds. The van der Waals surface area contributed by atoms with Crippen LogP contribution in [0.1, 0.15) is 42.1 Å². The predicted molar refractivity (Wildman–Crippen MR) is 99.7 cm³/mol. The van der Waals surface area contributed by atoms with E-state index in [2.05, 4.69) is 0 Å². The first-order valence-corrected chi connectivity index (χ1v) is 11.0. The SMILES string of the molecule is CCCCC(=O)N1CCN(C(=O)c2cccc(C)c2)[C@H]2CS(=O)(=O)C[C@H]21. The number of carbonyl (C=O) groups is 2. The number of hydrogen-bond donors (Lipinski definition) is 0. The standard InChI is InChI=1S/C19H26N2O4S/c1-3-4-8-18(22)20-9-10-21(17-13-26(24,25)12-16(17)20)19(23)15-7-5-6-14(2)11-15/h5-7,11,16-17H,3-4,8-10,12-13H2,1-2H3/t16-,17+/m1/s1. The molecule has 6 nitrogen and oxygen atoms in total. The van der Waals surface area contributed by atoms with Crippen LogP contribution in [0.2, 0.25) is 0 Å². The second-order valence-corrected chi connectivity index (χ2v) is 9.42. The van der Waals surface area contributed by atoms with Crippen LogP contribution in [0, 0.1) is 6.92 Å². The van der Waals surface area contributed by atoms with Crippen molar-refractivity contribution >= 4 is 21.7 Å². The van der Waals surface area contributed by atoms with Crippen molar-refractivity contribution in [3.63, 3.8) is 0 Å². The van der Waals surface area contributed by atoms with Gasteiger partial charge in [0.05, 0.1) is 23.6 Å². The summed E-state index contributed by atoms with van der Waals surface area (Å²) >= 11 is 0. The van der Waals surface area contributed by atoms with Gasteiger partial charge in [-0.3, -0.25) is 9.59 Å². The number of piperazine rings is 1. The molecule has 2 aliphatic rings. The largest absolute Gasteiger partial charge is 0.335 e. The maximum atomic E-state index is 13.0. The molecule has 3 rings (SSSR count). The number of benzene rings is 1. The Balaban J connectivity index is 1.85. The van der Waals surface area contributed by atoms with E-state index in [9.17, 15) is 18.0 Å². The van der Waals surface area contributed by atoms with Crippen molar-refractivity contribution in [2.75, 3.05) is 24.6 Å². The zero-order valence-electron chi connectivity index (χ0n) is 15.3. The van der Waals surface area contributed by atoms with E-state index < -0.39 is 21.9 Å². The topological polar surface area (TPSA) is 74.8 Å². The third-order valence-corrected chi connectivity index (χ3v) is 6.97. The molecule has 0 spiro atoms. The lowest BCUT2D eigenvalue weighted by Crippen LogP contribution is -2.61. The fourth-order valence-electron chi connectivity index (χ4n) is 3.93. The molecule has 7 heteroatoms. The van der Waals surface area contributed by atoms with Crippen molar-refractivity contribution in [1.82, 2.24) is 9.80 Å². The van der Waals surface area contributed by atoms with Gasteiger partial charge in [-0.2, -0.15) is 0 Å². The molecule has 1 aromatic carbocycles. The summed E-state index contributed by atoms with van der Waals surface area (Å²) in [6.07, 6.45) is 2.15. The summed E-state index contributed by atoms with van der Waals surface area (Å²) in [6.45, 7) is 4.72. The number of nitrogens with zero attached hydrogens (tertiary/aromatic N) is 2. The second kappa shape index (κ2) is 7.39. The van der Waals surface area contributed by atoms with Crippen LogP contribution in [0.3, 0.4) is 0 Å². The van der Waals surface area contributed by atoms with Crippen LogP contribution in [0.25, 0.3) is 0 Å². The van der Waals surface area contributed by atoms with E-state index in [-0.39, 0.29) is 23.3 Å². The predicted octanol–water partition coefficient (Wildman–Crippen LogP) is 1.64. The molecule has 0 saturated carbocycles. The molecule has 2 saturated heterocycles. The van der Waals surface area contributed by atoms with Crippen LogP contribution in [0.5, 0.6) is 0 Å². The highest BCUT2D eigenvalue weighted by Gasteiger charge is 2.49. The minimum atomic E-state index is -3.26. The molecule has 0 bridgehead atoms. The van der Waals surface area contributed by atoms with Gasteiger partial charge >= 0.3 is 0 Å². The first kappa shape index (κ1) is 18.9. The molecule has 2 fully saturated rings. The fourth-order valence-corrected chi connectivity index (χ4v) is 5.91.